The predicted molar refractivity (Wildman–Crippen MR) is 115 cm³/mol. The number of hydrogen-bond acceptors (Lipinski definition) is 6. The van der Waals surface area contributed by atoms with Crippen molar-refractivity contribution in [3.63, 3.8) is 0 Å². The van der Waals surface area contributed by atoms with Crippen LogP contribution in [0.25, 0.3) is 0 Å². The SMILES string of the molecule is COc1cccc(Nc2nccc(Nc3ccc(Oc4ccccc4)cc3)n2)c1. The molecule has 0 fully saturated rings. The van der Waals surface area contributed by atoms with Crippen LogP contribution in [0.1, 0.15) is 0 Å². The third-order valence-corrected chi connectivity index (χ3v) is 4.09. The van der Waals surface area contributed by atoms with Crippen molar-refractivity contribution in [2.24, 2.45) is 0 Å². The van der Waals surface area contributed by atoms with Gasteiger partial charge in [-0.05, 0) is 54.6 Å². The van der Waals surface area contributed by atoms with Gasteiger partial charge in [0.05, 0.1) is 7.11 Å². The molecule has 0 unspecified atom stereocenters. The fourth-order valence-corrected chi connectivity index (χ4v) is 2.70. The first kappa shape index (κ1) is 18.3. The van der Waals surface area contributed by atoms with Crippen LogP contribution in [0.3, 0.4) is 0 Å². The molecule has 1 heterocycles. The normalized spacial score (nSPS) is 10.2. The van der Waals surface area contributed by atoms with E-state index in [0.29, 0.717) is 11.8 Å². The van der Waals surface area contributed by atoms with Gasteiger partial charge in [0, 0.05) is 23.6 Å². The Kier molecular flexibility index (Phi) is 5.53. The minimum atomic E-state index is 0.493. The fraction of sp³-hybridized carbons (Fsp3) is 0.0435. The summed E-state index contributed by atoms with van der Waals surface area (Å²) in [5.74, 6) is 3.51. The van der Waals surface area contributed by atoms with E-state index in [9.17, 15) is 0 Å². The van der Waals surface area contributed by atoms with E-state index < -0.39 is 0 Å². The van der Waals surface area contributed by atoms with E-state index in [-0.39, 0.29) is 0 Å². The molecule has 3 aromatic carbocycles. The van der Waals surface area contributed by atoms with Gasteiger partial charge < -0.3 is 20.1 Å². The summed E-state index contributed by atoms with van der Waals surface area (Å²) in [4.78, 5) is 8.77. The lowest BCUT2D eigenvalue weighted by Gasteiger charge is -2.10. The molecule has 1 aromatic heterocycles. The molecule has 0 aliphatic rings. The summed E-state index contributed by atoms with van der Waals surface area (Å²) in [5, 5.41) is 6.45. The number of nitrogens with one attached hydrogen (secondary N) is 2. The van der Waals surface area contributed by atoms with Crippen molar-refractivity contribution >= 4 is 23.1 Å². The molecule has 2 N–H and O–H groups in total. The first-order chi connectivity index (χ1) is 14.3. The lowest BCUT2D eigenvalue weighted by Crippen LogP contribution is -2.00. The summed E-state index contributed by atoms with van der Waals surface area (Å²) in [7, 11) is 1.64. The van der Waals surface area contributed by atoms with E-state index in [1.807, 2.05) is 84.9 Å². The van der Waals surface area contributed by atoms with Crippen LogP contribution in [0.5, 0.6) is 17.2 Å². The van der Waals surface area contributed by atoms with Crippen LogP contribution in [0, 0.1) is 0 Å². The van der Waals surface area contributed by atoms with Gasteiger partial charge >= 0.3 is 0 Å². The van der Waals surface area contributed by atoms with Crippen LogP contribution in [0.4, 0.5) is 23.1 Å². The van der Waals surface area contributed by atoms with E-state index in [4.69, 9.17) is 9.47 Å². The molecule has 0 saturated carbocycles. The average Bonchev–Trinajstić information content (AvgIpc) is 2.76. The van der Waals surface area contributed by atoms with Gasteiger partial charge in [-0.1, -0.05) is 24.3 Å². The van der Waals surface area contributed by atoms with E-state index in [1.54, 1.807) is 13.3 Å². The van der Waals surface area contributed by atoms with Crippen molar-refractivity contribution in [1.82, 2.24) is 9.97 Å². The zero-order valence-corrected chi connectivity index (χ0v) is 15.9. The first-order valence-corrected chi connectivity index (χ1v) is 9.13. The van der Waals surface area contributed by atoms with Crippen LogP contribution < -0.4 is 20.1 Å². The number of para-hydroxylation sites is 1. The average molecular weight is 384 g/mol. The van der Waals surface area contributed by atoms with Gasteiger partial charge in [0.15, 0.2) is 0 Å². The van der Waals surface area contributed by atoms with Crippen molar-refractivity contribution in [2.75, 3.05) is 17.7 Å². The number of benzene rings is 3. The Morgan fingerprint density at radius 3 is 2.24 bits per heavy atom. The van der Waals surface area contributed by atoms with Crippen molar-refractivity contribution in [3.8, 4) is 17.2 Å². The molecule has 0 aliphatic carbocycles. The number of nitrogens with zero attached hydrogens (tertiary/aromatic N) is 2. The predicted octanol–water partition coefficient (Wildman–Crippen LogP) is 5.76. The van der Waals surface area contributed by atoms with Gasteiger partial charge in [0.1, 0.15) is 23.1 Å². The maximum Gasteiger partial charge on any atom is 0.229 e. The number of anilines is 4. The maximum atomic E-state index is 5.81. The molecular formula is C23H20N4O2. The zero-order valence-electron chi connectivity index (χ0n) is 15.9. The summed E-state index contributed by atoms with van der Waals surface area (Å²) >= 11 is 0. The molecule has 0 spiro atoms. The van der Waals surface area contributed by atoms with Crippen LogP contribution in [0.15, 0.2) is 91.1 Å². The summed E-state index contributed by atoms with van der Waals surface area (Å²) in [6, 6.07) is 26.8. The lowest BCUT2D eigenvalue weighted by atomic mass is 10.3. The molecule has 6 nitrogen and oxygen atoms in total. The second-order valence-corrected chi connectivity index (χ2v) is 6.19. The molecule has 144 valence electrons. The summed E-state index contributed by atoms with van der Waals surface area (Å²) in [6.45, 7) is 0. The molecular weight excluding hydrogens is 364 g/mol. The molecule has 29 heavy (non-hydrogen) atoms. The lowest BCUT2D eigenvalue weighted by molar-refractivity contribution is 0.415. The van der Waals surface area contributed by atoms with E-state index >= 15 is 0 Å². The van der Waals surface area contributed by atoms with Crippen LogP contribution in [-0.2, 0) is 0 Å². The third kappa shape index (κ3) is 5.01. The van der Waals surface area contributed by atoms with Gasteiger partial charge in [-0.2, -0.15) is 4.98 Å². The molecule has 0 amide bonds. The largest absolute Gasteiger partial charge is 0.497 e. The second kappa shape index (κ2) is 8.75. The third-order valence-electron chi connectivity index (χ3n) is 4.09. The summed E-state index contributed by atoms with van der Waals surface area (Å²) < 4.78 is 11.1. The van der Waals surface area contributed by atoms with Gasteiger partial charge in [-0.25, -0.2) is 4.98 Å². The highest BCUT2D eigenvalue weighted by Gasteiger charge is 2.03. The quantitative estimate of drug-likeness (QED) is 0.422. The van der Waals surface area contributed by atoms with Crippen LogP contribution >= 0.6 is 0 Å². The van der Waals surface area contributed by atoms with Crippen molar-refractivity contribution in [3.05, 3.63) is 91.1 Å². The van der Waals surface area contributed by atoms with Gasteiger partial charge in [0.2, 0.25) is 5.95 Å². The molecule has 0 bridgehead atoms. The highest BCUT2D eigenvalue weighted by Crippen LogP contribution is 2.24. The summed E-state index contributed by atoms with van der Waals surface area (Å²) in [6.07, 6.45) is 1.70. The molecule has 0 aliphatic heterocycles. The van der Waals surface area contributed by atoms with E-state index in [0.717, 1.165) is 28.6 Å². The Bertz CT molecular complexity index is 1070. The number of ether oxygens (including phenoxy) is 2. The Labute approximate surface area is 169 Å². The summed E-state index contributed by atoms with van der Waals surface area (Å²) in [5.41, 5.74) is 1.75. The first-order valence-electron chi connectivity index (χ1n) is 9.13. The minimum absolute atomic E-state index is 0.493. The smallest absolute Gasteiger partial charge is 0.229 e. The number of rotatable bonds is 7. The topological polar surface area (TPSA) is 68.3 Å². The molecule has 0 radical (unpaired) electrons. The van der Waals surface area contributed by atoms with Crippen LogP contribution in [-0.4, -0.2) is 17.1 Å². The monoisotopic (exact) mass is 384 g/mol. The van der Waals surface area contributed by atoms with Crippen LogP contribution in [0.2, 0.25) is 0 Å². The molecule has 4 rings (SSSR count). The molecule has 0 atom stereocenters. The number of aromatic nitrogens is 2. The molecule has 4 aromatic rings. The van der Waals surface area contributed by atoms with Gasteiger partial charge in [0.25, 0.3) is 0 Å². The highest BCUT2D eigenvalue weighted by molar-refractivity contribution is 5.60. The standard InChI is InChI=1S/C23H20N4O2/c1-28-21-9-5-6-18(16-21)26-23-24-15-14-22(27-23)25-17-10-12-20(13-11-17)29-19-7-3-2-4-8-19/h2-16H,1H3,(H2,24,25,26,27). The van der Waals surface area contributed by atoms with Crippen molar-refractivity contribution in [2.45, 2.75) is 0 Å². The van der Waals surface area contributed by atoms with Crippen molar-refractivity contribution < 1.29 is 9.47 Å². The van der Waals surface area contributed by atoms with E-state index in [1.165, 1.54) is 0 Å². The Morgan fingerprint density at radius 1 is 0.690 bits per heavy atom. The second-order valence-electron chi connectivity index (χ2n) is 6.19. The fourth-order valence-electron chi connectivity index (χ4n) is 2.70. The zero-order chi connectivity index (χ0) is 19.9. The van der Waals surface area contributed by atoms with Gasteiger partial charge in [-0.15, -0.1) is 0 Å². The number of hydrogen-bond donors (Lipinski definition) is 2. The minimum Gasteiger partial charge on any atom is -0.497 e. The highest BCUT2D eigenvalue weighted by atomic mass is 16.5. The van der Waals surface area contributed by atoms with E-state index in [2.05, 4.69) is 20.6 Å². The Morgan fingerprint density at radius 2 is 1.45 bits per heavy atom. The maximum absolute atomic E-state index is 5.81. The van der Waals surface area contributed by atoms with Crippen molar-refractivity contribution in [1.29, 1.82) is 0 Å². The molecule has 6 heteroatoms. The van der Waals surface area contributed by atoms with Gasteiger partial charge in [-0.3, -0.25) is 0 Å². The Balaban J connectivity index is 1.42. The molecule has 0 saturated heterocycles. The number of methoxy groups -OCH3 is 1. The Hall–Kier alpha value is -4.06.